The number of anilines is 2. The van der Waals surface area contributed by atoms with Crippen molar-refractivity contribution in [2.45, 2.75) is 26.7 Å². The van der Waals surface area contributed by atoms with Gasteiger partial charge in [-0.25, -0.2) is 4.98 Å². The van der Waals surface area contributed by atoms with Crippen molar-refractivity contribution < 1.29 is 4.79 Å². The molecule has 0 saturated heterocycles. The molecule has 0 bridgehead atoms. The van der Waals surface area contributed by atoms with Crippen LogP contribution in [0.4, 0.5) is 11.8 Å². The standard InChI is InChI=1S/C13H19N5OS/c1-3-5-15-10(19)7-16-11-9-6-8(4-2)20-12(9)18-13(14)17-11/h6H,3-5,7H2,1-2H3,(H,15,19)(H3,14,16,17,18). The van der Waals surface area contributed by atoms with E-state index in [0.29, 0.717) is 12.4 Å². The number of aromatic nitrogens is 2. The van der Waals surface area contributed by atoms with Crippen LogP contribution in [0.3, 0.4) is 0 Å². The molecule has 0 aliphatic heterocycles. The van der Waals surface area contributed by atoms with Gasteiger partial charge in [-0.1, -0.05) is 13.8 Å². The van der Waals surface area contributed by atoms with E-state index in [-0.39, 0.29) is 18.4 Å². The first-order valence-electron chi connectivity index (χ1n) is 6.70. The summed E-state index contributed by atoms with van der Waals surface area (Å²) in [4.78, 5) is 22.1. The van der Waals surface area contributed by atoms with Crippen molar-refractivity contribution in [2.75, 3.05) is 24.1 Å². The fourth-order valence-corrected chi connectivity index (χ4v) is 2.76. The van der Waals surface area contributed by atoms with Gasteiger partial charge < -0.3 is 16.4 Å². The number of hydrogen-bond acceptors (Lipinski definition) is 6. The quantitative estimate of drug-likeness (QED) is 0.755. The lowest BCUT2D eigenvalue weighted by molar-refractivity contribution is -0.119. The number of amides is 1. The van der Waals surface area contributed by atoms with Crippen LogP contribution in [-0.2, 0) is 11.2 Å². The number of aryl methyl sites for hydroxylation is 1. The number of fused-ring (bicyclic) bond motifs is 1. The molecule has 0 radical (unpaired) electrons. The van der Waals surface area contributed by atoms with Gasteiger partial charge in [0.1, 0.15) is 10.6 Å². The number of thiophene rings is 1. The van der Waals surface area contributed by atoms with Crippen molar-refractivity contribution in [3.63, 3.8) is 0 Å². The Balaban J connectivity index is 2.16. The van der Waals surface area contributed by atoms with Gasteiger partial charge in [0, 0.05) is 11.4 Å². The minimum atomic E-state index is -0.0527. The average Bonchev–Trinajstić information content (AvgIpc) is 2.85. The van der Waals surface area contributed by atoms with Crippen molar-refractivity contribution >= 4 is 39.2 Å². The first kappa shape index (κ1) is 14.5. The summed E-state index contributed by atoms with van der Waals surface area (Å²) in [7, 11) is 0. The molecule has 0 fully saturated rings. The molecule has 0 aliphatic rings. The molecule has 1 amide bonds. The van der Waals surface area contributed by atoms with Gasteiger partial charge in [-0.2, -0.15) is 4.98 Å². The Morgan fingerprint density at radius 3 is 2.90 bits per heavy atom. The summed E-state index contributed by atoms with van der Waals surface area (Å²) < 4.78 is 0. The maximum atomic E-state index is 11.6. The largest absolute Gasteiger partial charge is 0.368 e. The van der Waals surface area contributed by atoms with Crippen molar-refractivity contribution in [1.29, 1.82) is 0 Å². The van der Waals surface area contributed by atoms with Gasteiger partial charge in [0.15, 0.2) is 0 Å². The summed E-state index contributed by atoms with van der Waals surface area (Å²) in [6, 6.07) is 2.05. The van der Waals surface area contributed by atoms with E-state index in [4.69, 9.17) is 5.73 Å². The molecule has 7 heteroatoms. The third-order valence-corrected chi connectivity index (χ3v) is 3.97. The first-order valence-corrected chi connectivity index (χ1v) is 7.52. The smallest absolute Gasteiger partial charge is 0.239 e. The number of hydrogen-bond donors (Lipinski definition) is 3. The molecule has 0 spiro atoms. The number of nitrogens with one attached hydrogen (secondary N) is 2. The van der Waals surface area contributed by atoms with E-state index in [9.17, 15) is 4.79 Å². The molecule has 0 unspecified atom stereocenters. The molecule has 0 aromatic carbocycles. The van der Waals surface area contributed by atoms with Crippen LogP contribution in [0.25, 0.3) is 10.2 Å². The van der Waals surface area contributed by atoms with Gasteiger partial charge in [0.2, 0.25) is 11.9 Å². The van der Waals surface area contributed by atoms with Crippen LogP contribution in [0.1, 0.15) is 25.1 Å². The lowest BCUT2D eigenvalue weighted by Crippen LogP contribution is -2.30. The van der Waals surface area contributed by atoms with Crippen molar-refractivity contribution in [3.05, 3.63) is 10.9 Å². The van der Waals surface area contributed by atoms with Crippen LogP contribution in [-0.4, -0.2) is 29.0 Å². The van der Waals surface area contributed by atoms with Gasteiger partial charge in [-0.3, -0.25) is 4.79 Å². The highest BCUT2D eigenvalue weighted by Gasteiger charge is 2.11. The van der Waals surface area contributed by atoms with Crippen molar-refractivity contribution in [2.24, 2.45) is 0 Å². The number of carbonyl (C=O) groups excluding carboxylic acids is 1. The zero-order chi connectivity index (χ0) is 14.5. The summed E-state index contributed by atoms with van der Waals surface area (Å²) in [5.41, 5.74) is 5.71. The summed E-state index contributed by atoms with van der Waals surface area (Å²) in [6.07, 6.45) is 1.86. The van der Waals surface area contributed by atoms with Gasteiger partial charge >= 0.3 is 0 Å². The molecule has 4 N–H and O–H groups in total. The van der Waals surface area contributed by atoms with Gasteiger partial charge in [-0.05, 0) is 18.9 Å². The molecule has 0 atom stereocenters. The van der Waals surface area contributed by atoms with Crippen LogP contribution >= 0.6 is 11.3 Å². The molecule has 0 saturated carbocycles. The van der Waals surface area contributed by atoms with E-state index in [1.807, 2.05) is 13.0 Å². The van der Waals surface area contributed by atoms with Crippen LogP contribution in [0.5, 0.6) is 0 Å². The van der Waals surface area contributed by atoms with Crippen LogP contribution in [0, 0.1) is 0 Å². The number of carbonyl (C=O) groups is 1. The Morgan fingerprint density at radius 2 is 2.20 bits per heavy atom. The molecule has 2 aromatic rings. The molecule has 2 aromatic heterocycles. The third-order valence-electron chi connectivity index (χ3n) is 2.80. The first-order chi connectivity index (χ1) is 9.63. The molecular formula is C13H19N5OS. The fraction of sp³-hybridized carbons (Fsp3) is 0.462. The SMILES string of the molecule is CCCNC(=O)CNc1nc(N)nc2sc(CC)cc12. The predicted octanol–water partition coefficient (Wildman–Crippen LogP) is 1.77. The molecule has 2 heterocycles. The number of nitrogen functional groups attached to an aromatic ring is 1. The lowest BCUT2D eigenvalue weighted by atomic mass is 10.3. The molecule has 0 aliphatic carbocycles. The Morgan fingerprint density at radius 1 is 1.40 bits per heavy atom. The number of nitrogens with zero attached hydrogens (tertiary/aromatic N) is 2. The van der Waals surface area contributed by atoms with E-state index in [1.165, 1.54) is 4.88 Å². The maximum Gasteiger partial charge on any atom is 0.239 e. The summed E-state index contributed by atoms with van der Waals surface area (Å²) in [5, 5.41) is 6.77. The predicted molar refractivity (Wildman–Crippen MR) is 83.0 cm³/mol. The number of nitrogens with two attached hydrogens (primary N) is 1. The molecule has 2 rings (SSSR count). The third kappa shape index (κ3) is 3.36. The maximum absolute atomic E-state index is 11.6. The zero-order valence-corrected chi connectivity index (χ0v) is 12.5. The Labute approximate surface area is 121 Å². The van der Waals surface area contributed by atoms with Gasteiger partial charge in [0.05, 0.1) is 11.9 Å². The minimum Gasteiger partial charge on any atom is -0.368 e. The Hall–Kier alpha value is -1.89. The minimum absolute atomic E-state index is 0.0527. The molecule has 6 nitrogen and oxygen atoms in total. The van der Waals surface area contributed by atoms with Gasteiger partial charge in [0.25, 0.3) is 0 Å². The van der Waals surface area contributed by atoms with E-state index in [0.717, 1.165) is 23.1 Å². The average molecular weight is 293 g/mol. The second-order valence-corrected chi connectivity index (χ2v) is 5.53. The fourth-order valence-electron chi connectivity index (χ4n) is 1.79. The summed E-state index contributed by atoms with van der Waals surface area (Å²) in [6.45, 7) is 4.97. The second kappa shape index (κ2) is 6.51. The molecule has 20 heavy (non-hydrogen) atoms. The van der Waals surface area contributed by atoms with Crippen molar-refractivity contribution in [1.82, 2.24) is 15.3 Å². The topological polar surface area (TPSA) is 92.9 Å². The summed E-state index contributed by atoms with van der Waals surface area (Å²) >= 11 is 1.60. The monoisotopic (exact) mass is 293 g/mol. The second-order valence-electron chi connectivity index (χ2n) is 4.42. The van der Waals surface area contributed by atoms with E-state index in [1.54, 1.807) is 11.3 Å². The molecular weight excluding hydrogens is 274 g/mol. The van der Waals surface area contributed by atoms with Gasteiger partial charge in [-0.15, -0.1) is 11.3 Å². The number of rotatable bonds is 6. The lowest BCUT2D eigenvalue weighted by Gasteiger charge is -2.07. The highest BCUT2D eigenvalue weighted by molar-refractivity contribution is 7.18. The van der Waals surface area contributed by atoms with Crippen LogP contribution in [0.15, 0.2) is 6.07 Å². The van der Waals surface area contributed by atoms with Crippen LogP contribution in [0.2, 0.25) is 0 Å². The van der Waals surface area contributed by atoms with Crippen LogP contribution < -0.4 is 16.4 Å². The van der Waals surface area contributed by atoms with E-state index < -0.39 is 0 Å². The summed E-state index contributed by atoms with van der Waals surface area (Å²) in [5.74, 6) is 0.789. The van der Waals surface area contributed by atoms with E-state index >= 15 is 0 Å². The normalized spacial score (nSPS) is 10.7. The molecule has 108 valence electrons. The van der Waals surface area contributed by atoms with E-state index in [2.05, 4.69) is 27.5 Å². The Kier molecular flexibility index (Phi) is 4.73. The Bertz CT molecular complexity index is 610. The highest BCUT2D eigenvalue weighted by Crippen LogP contribution is 2.29. The zero-order valence-electron chi connectivity index (χ0n) is 11.7. The highest BCUT2D eigenvalue weighted by atomic mass is 32.1. The van der Waals surface area contributed by atoms with Crippen molar-refractivity contribution in [3.8, 4) is 0 Å².